The van der Waals surface area contributed by atoms with Gasteiger partial charge in [0.2, 0.25) is 0 Å². The molecule has 1 aromatic rings. The molecule has 0 radical (unpaired) electrons. The zero-order valence-corrected chi connectivity index (χ0v) is 21.1. The van der Waals surface area contributed by atoms with Gasteiger partial charge in [-0.25, -0.2) is 0 Å². The topological polar surface area (TPSA) is 36.0 Å². The summed E-state index contributed by atoms with van der Waals surface area (Å²) in [6.07, 6.45) is 5.91. The molecule has 0 aromatic heterocycles. The summed E-state index contributed by atoms with van der Waals surface area (Å²) in [5.74, 6) is 0.961. The van der Waals surface area contributed by atoms with Crippen molar-refractivity contribution in [3.8, 4) is 0 Å². The highest BCUT2D eigenvalue weighted by Gasteiger charge is 2.30. The van der Waals surface area contributed by atoms with Gasteiger partial charge in [0.1, 0.15) is 5.78 Å². The van der Waals surface area contributed by atoms with Gasteiger partial charge in [-0.2, -0.15) is 0 Å². The first-order chi connectivity index (χ1) is 14.9. The Morgan fingerprint density at radius 1 is 1.00 bits per heavy atom. The first-order valence-corrected chi connectivity index (χ1v) is 12.3. The summed E-state index contributed by atoms with van der Waals surface area (Å²) in [6, 6.07) is 7.23. The van der Waals surface area contributed by atoms with E-state index in [1.54, 1.807) is 12.5 Å². The quantitative estimate of drug-likeness (QED) is 0.609. The second kappa shape index (κ2) is 11.2. The number of ether oxygens (including phenoxy) is 1. The maximum atomic E-state index is 11.4. The fourth-order valence-corrected chi connectivity index (χ4v) is 5.41. The third-order valence-corrected chi connectivity index (χ3v) is 7.66. The molecule has 4 rings (SSSR count). The van der Waals surface area contributed by atoms with Gasteiger partial charge < -0.3 is 14.5 Å². The highest BCUT2D eigenvalue weighted by atomic mass is 35.5. The first kappa shape index (κ1) is 25.3. The third kappa shape index (κ3) is 6.39. The highest BCUT2D eigenvalue weighted by molar-refractivity contribution is 5.85. The Balaban J connectivity index is 0.00000289. The minimum absolute atomic E-state index is 0. The van der Waals surface area contributed by atoms with Crippen molar-refractivity contribution in [3.05, 3.63) is 23.8 Å². The average Bonchev–Trinajstić information content (AvgIpc) is 2.78. The molecular weight excluding hydrogens is 422 g/mol. The minimum atomic E-state index is 0. The molecule has 2 aliphatic heterocycles. The van der Waals surface area contributed by atoms with Crippen LogP contribution in [0.4, 0.5) is 11.4 Å². The number of carbonyl (C=O) groups excluding carboxylic acids is 1. The SMILES string of the molecule is CC(=O)CCN1CCN(c2ccc(N3CCOCC3)cc2C2CCC(C)(C)CC2)CC1.Cl. The van der Waals surface area contributed by atoms with Crippen LogP contribution >= 0.6 is 12.4 Å². The largest absolute Gasteiger partial charge is 0.378 e. The molecule has 0 spiro atoms. The Morgan fingerprint density at radius 3 is 2.28 bits per heavy atom. The second-order valence-corrected chi connectivity index (χ2v) is 10.6. The van der Waals surface area contributed by atoms with Crippen LogP contribution in [-0.2, 0) is 9.53 Å². The van der Waals surface area contributed by atoms with E-state index >= 15 is 0 Å². The molecule has 2 saturated heterocycles. The summed E-state index contributed by atoms with van der Waals surface area (Å²) in [7, 11) is 0. The number of rotatable bonds is 6. The molecule has 0 amide bonds. The number of ketones is 1. The van der Waals surface area contributed by atoms with E-state index in [0.717, 1.165) is 59.0 Å². The highest BCUT2D eigenvalue weighted by Crippen LogP contribution is 2.45. The zero-order chi connectivity index (χ0) is 21.8. The van der Waals surface area contributed by atoms with Crippen LogP contribution in [-0.4, -0.2) is 69.7 Å². The number of anilines is 2. The number of benzene rings is 1. The molecule has 180 valence electrons. The Bertz CT molecular complexity index is 745. The van der Waals surface area contributed by atoms with Crippen LogP contribution in [0, 0.1) is 5.41 Å². The number of piperazine rings is 1. The van der Waals surface area contributed by atoms with Gasteiger partial charge in [0.15, 0.2) is 0 Å². The summed E-state index contributed by atoms with van der Waals surface area (Å²) < 4.78 is 5.58. The maximum Gasteiger partial charge on any atom is 0.131 e. The minimum Gasteiger partial charge on any atom is -0.378 e. The molecule has 0 atom stereocenters. The van der Waals surface area contributed by atoms with E-state index in [2.05, 4.69) is 46.7 Å². The van der Waals surface area contributed by atoms with Gasteiger partial charge in [-0.15, -0.1) is 12.4 Å². The van der Waals surface area contributed by atoms with Crippen LogP contribution < -0.4 is 9.80 Å². The lowest BCUT2D eigenvalue weighted by molar-refractivity contribution is -0.117. The van der Waals surface area contributed by atoms with Crippen LogP contribution in [0.2, 0.25) is 0 Å². The predicted molar refractivity (Wildman–Crippen MR) is 136 cm³/mol. The van der Waals surface area contributed by atoms with Gasteiger partial charge in [-0.1, -0.05) is 13.8 Å². The van der Waals surface area contributed by atoms with E-state index < -0.39 is 0 Å². The molecule has 1 saturated carbocycles. The zero-order valence-electron chi connectivity index (χ0n) is 20.3. The number of morpholine rings is 1. The first-order valence-electron chi connectivity index (χ1n) is 12.3. The van der Waals surface area contributed by atoms with E-state index in [-0.39, 0.29) is 12.4 Å². The van der Waals surface area contributed by atoms with Gasteiger partial charge in [-0.05, 0) is 67.7 Å². The Hall–Kier alpha value is -1.30. The number of hydrogen-bond donors (Lipinski definition) is 0. The van der Waals surface area contributed by atoms with Crippen LogP contribution in [0.5, 0.6) is 0 Å². The van der Waals surface area contributed by atoms with Crippen LogP contribution in [0.1, 0.15) is 64.4 Å². The summed E-state index contributed by atoms with van der Waals surface area (Å²) in [5, 5.41) is 0. The standard InChI is InChI=1S/C26H41N3O2.ClH/c1-21(30)8-11-27-12-14-29(15-13-27)25-5-4-23(28-16-18-31-19-17-28)20-24(25)22-6-9-26(2,3)10-7-22;/h4-5,20,22H,6-19H2,1-3H3;1H. The smallest absolute Gasteiger partial charge is 0.131 e. The lowest BCUT2D eigenvalue weighted by Gasteiger charge is -2.40. The fraction of sp³-hybridized carbons (Fsp3) is 0.731. The summed E-state index contributed by atoms with van der Waals surface area (Å²) >= 11 is 0. The second-order valence-electron chi connectivity index (χ2n) is 10.6. The van der Waals surface area contributed by atoms with E-state index in [4.69, 9.17) is 4.74 Å². The normalized spacial score (nSPS) is 22.5. The molecule has 1 aliphatic carbocycles. The molecule has 5 nitrogen and oxygen atoms in total. The van der Waals surface area contributed by atoms with Crippen molar-refractivity contribution in [1.29, 1.82) is 0 Å². The number of nitrogens with zero attached hydrogens (tertiary/aromatic N) is 3. The van der Waals surface area contributed by atoms with Gasteiger partial charge in [0.05, 0.1) is 13.2 Å². The fourth-order valence-electron chi connectivity index (χ4n) is 5.41. The van der Waals surface area contributed by atoms with Crippen molar-refractivity contribution in [3.63, 3.8) is 0 Å². The molecule has 3 aliphatic rings. The van der Waals surface area contributed by atoms with Gasteiger partial charge in [0, 0.05) is 63.6 Å². The van der Waals surface area contributed by atoms with Crippen molar-refractivity contribution in [2.75, 3.05) is 68.8 Å². The molecule has 6 heteroatoms. The Kier molecular flexibility index (Phi) is 8.88. The van der Waals surface area contributed by atoms with Crippen LogP contribution in [0.15, 0.2) is 18.2 Å². The van der Waals surface area contributed by atoms with Crippen molar-refractivity contribution in [2.24, 2.45) is 5.41 Å². The lowest BCUT2D eigenvalue weighted by Crippen LogP contribution is -2.47. The molecule has 32 heavy (non-hydrogen) atoms. The lowest BCUT2D eigenvalue weighted by atomic mass is 9.71. The van der Waals surface area contributed by atoms with Gasteiger partial charge in [-0.3, -0.25) is 9.69 Å². The average molecular weight is 464 g/mol. The molecule has 0 N–H and O–H groups in total. The molecule has 3 fully saturated rings. The van der Waals surface area contributed by atoms with E-state index in [1.165, 1.54) is 37.1 Å². The van der Waals surface area contributed by atoms with Crippen molar-refractivity contribution < 1.29 is 9.53 Å². The van der Waals surface area contributed by atoms with E-state index in [0.29, 0.717) is 23.5 Å². The Morgan fingerprint density at radius 2 is 1.66 bits per heavy atom. The summed E-state index contributed by atoms with van der Waals surface area (Å²) in [5.41, 5.74) is 4.87. The maximum absolute atomic E-state index is 11.4. The molecule has 2 heterocycles. The number of carbonyl (C=O) groups is 1. The summed E-state index contributed by atoms with van der Waals surface area (Å²) in [4.78, 5) is 18.9. The van der Waals surface area contributed by atoms with Crippen molar-refractivity contribution in [1.82, 2.24) is 4.90 Å². The van der Waals surface area contributed by atoms with Crippen molar-refractivity contribution in [2.45, 2.75) is 58.8 Å². The van der Waals surface area contributed by atoms with Crippen molar-refractivity contribution >= 4 is 29.6 Å². The van der Waals surface area contributed by atoms with Gasteiger partial charge >= 0.3 is 0 Å². The summed E-state index contributed by atoms with van der Waals surface area (Å²) in [6.45, 7) is 15.3. The monoisotopic (exact) mass is 463 g/mol. The van der Waals surface area contributed by atoms with Crippen LogP contribution in [0.3, 0.4) is 0 Å². The molecule has 0 unspecified atom stereocenters. The number of halogens is 1. The number of hydrogen-bond acceptors (Lipinski definition) is 5. The molecule has 1 aromatic carbocycles. The third-order valence-electron chi connectivity index (χ3n) is 7.66. The van der Waals surface area contributed by atoms with Crippen LogP contribution in [0.25, 0.3) is 0 Å². The predicted octanol–water partition coefficient (Wildman–Crippen LogP) is 4.73. The number of Topliss-reactive ketones (excluding diaryl/α,β-unsaturated/α-hetero) is 1. The van der Waals surface area contributed by atoms with E-state index in [1.807, 2.05) is 0 Å². The Labute approximate surface area is 200 Å². The van der Waals surface area contributed by atoms with Gasteiger partial charge in [0.25, 0.3) is 0 Å². The van der Waals surface area contributed by atoms with E-state index in [9.17, 15) is 4.79 Å². The molecule has 0 bridgehead atoms. The molecular formula is C26H42ClN3O2.